The van der Waals surface area contributed by atoms with E-state index >= 15 is 0 Å². The molecule has 1 N–H and O–H groups in total. The monoisotopic (exact) mass is 299 g/mol. The first-order chi connectivity index (χ1) is 9.50. The van der Waals surface area contributed by atoms with Crippen LogP contribution in [0.2, 0.25) is 5.02 Å². The molecule has 0 heterocycles. The Morgan fingerprint density at radius 1 is 1.10 bits per heavy atom. The van der Waals surface area contributed by atoms with Gasteiger partial charge in [0, 0.05) is 6.04 Å². The van der Waals surface area contributed by atoms with Gasteiger partial charge in [-0.2, -0.15) is 0 Å². The molecule has 0 bridgehead atoms. The van der Waals surface area contributed by atoms with Crippen LogP contribution in [0.4, 0.5) is 4.39 Å². The van der Waals surface area contributed by atoms with Crippen LogP contribution in [0.15, 0.2) is 18.2 Å². The fraction of sp³-hybridized carbons (Fsp3) is 0.647. The van der Waals surface area contributed by atoms with Crippen molar-refractivity contribution >= 4 is 11.6 Å². The number of unbranched alkanes of at least 4 members (excludes halogenated alkanes) is 3. The molecular formula is C17H27ClFN. The second-order valence-corrected chi connectivity index (χ2v) is 6.35. The highest BCUT2D eigenvalue weighted by atomic mass is 35.5. The lowest BCUT2D eigenvalue weighted by atomic mass is 10.0. The Morgan fingerprint density at radius 2 is 1.80 bits per heavy atom. The summed E-state index contributed by atoms with van der Waals surface area (Å²) in [6.45, 7) is 7.58. The van der Waals surface area contributed by atoms with Gasteiger partial charge < -0.3 is 5.32 Å². The van der Waals surface area contributed by atoms with E-state index < -0.39 is 0 Å². The maximum atomic E-state index is 13.4. The molecule has 0 radical (unpaired) electrons. The molecule has 1 aromatic carbocycles. The van der Waals surface area contributed by atoms with Gasteiger partial charge in [-0.3, -0.25) is 0 Å². The van der Waals surface area contributed by atoms with Crippen LogP contribution >= 0.6 is 11.6 Å². The summed E-state index contributed by atoms with van der Waals surface area (Å²) in [4.78, 5) is 0. The fourth-order valence-corrected chi connectivity index (χ4v) is 2.37. The predicted octanol–water partition coefficient (Wildman–Crippen LogP) is 5.74. The summed E-state index contributed by atoms with van der Waals surface area (Å²) in [6, 6.07) is 5.18. The minimum absolute atomic E-state index is 0.164. The van der Waals surface area contributed by atoms with Crippen molar-refractivity contribution in [2.45, 2.75) is 58.9 Å². The number of hydrogen-bond acceptors (Lipinski definition) is 1. The van der Waals surface area contributed by atoms with E-state index in [9.17, 15) is 4.39 Å². The van der Waals surface area contributed by atoms with Gasteiger partial charge in [-0.1, -0.05) is 57.2 Å². The van der Waals surface area contributed by atoms with E-state index in [4.69, 9.17) is 11.6 Å². The smallest absolute Gasteiger partial charge is 0.142 e. The molecule has 0 aliphatic heterocycles. The Hall–Kier alpha value is -0.600. The summed E-state index contributed by atoms with van der Waals surface area (Å²) in [5.74, 6) is 0.472. The largest absolute Gasteiger partial charge is 0.310 e. The van der Waals surface area contributed by atoms with Crippen molar-refractivity contribution < 1.29 is 4.39 Å². The Morgan fingerprint density at radius 3 is 2.45 bits per heavy atom. The summed E-state index contributed by atoms with van der Waals surface area (Å²) >= 11 is 5.69. The van der Waals surface area contributed by atoms with Crippen LogP contribution in [-0.2, 0) is 0 Å². The van der Waals surface area contributed by atoms with E-state index in [1.54, 1.807) is 6.07 Å². The first-order valence-electron chi connectivity index (χ1n) is 7.69. The van der Waals surface area contributed by atoms with Crippen LogP contribution in [0.5, 0.6) is 0 Å². The van der Waals surface area contributed by atoms with E-state index in [1.807, 2.05) is 6.07 Å². The van der Waals surface area contributed by atoms with Gasteiger partial charge in [0.05, 0.1) is 5.02 Å². The molecule has 0 saturated carbocycles. The van der Waals surface area contributed by atoms with Crippen molar-refractivity contribution in [3.8, 4) is 0 Å². The number of halogens is 2. The normalized spacial score (nSPS) is 12.9. The van der Waals surface area contributed by atoms with Gasteiger partial charge in [0.25, 0.3) is 0 Å². The molecule has 1 aromatic rings. The molecule has 0 saturated heterocycles. The van der Waals surface area contributed by atoms with Crippen LogP contribution in [0.3, 0.4) is 0 Å². The SMILES string of the molecule is CC(C)CCCCCCNC(C)c1ccc(Cl)c(F)c1. The summed E-state index contributed by atoms with van der Waals surface area (Å²) in [5.41, 5.74) is 0.951. The molecule has 0 aliphatic carbocycles. The number of benzene rings is 1. The zero-order valence-corrected chi connectivity index (χ0v) is 13.6. The van der Waals surface area contributed by atoms with Gasteiger partial charge >= 0.3 is 0 Å². The van der Waals surface area contributed by atoms with Crippen molar-refractivity contribution in [3.05, 3.63) is 34.6 Å². The summed E-state index contributed by atoms with van der Waals surface area (Å²) in [6.07, 6.45) is 6.41. The van der Waals surface area contributed by atoms with Gasteiger partial charge in [0.2, 0.25) is 0 Å². The molecule has 0 fully saturated rings. The maximum Gasteiger partial charge on any atom is 0.142 e. The van der Waals surface area contributed by atoms with Crippen molar-refractivity contribution in [2.24, 2.45) is 5.92 Å². The second kappa shape index (κ2) is 9.36. The molecule has 114 valence electrons. The third-order valence-corrected chi connectivity index (χ3v) is 3.91. The molecule has 1 rings (SSSR count). The Labute approximate surface area is 127 Å². The Balaban J connectivity index is 2.16. The fourth-order valence-electron chi connectivity index (χ4n) is 2.25. The number of hydrogen-bond donors (Lipinski definition) is 1. The molecular weight excluding hydrogens is 273 g/mol. The predicted molar refractivity (Wildman–Crippen MR) is 85.8 cm³/mol. The molecule has 0 aromatic heterocycles. The van der Waals surface area contributed by atoms with Gasteiger partial charge in [0.1, 0.15) is 5.82 Å². The standard InChI is InChI=1S/C17H27ClFN/c1-13(2)8-6-4-5-7-11-20-14(3)15-9-10-16(18)17(19)12-15/h9-10,12-14,20H,4-8,11H2,1-3H3. The van der Waals surface area contributed by atoms with E-state index in [2.05, 4.69) is 26.1 Å². The molecule has 0 aliphatic rings. The zero-order chi connectivity index (χ0) is 15.0. The van der Waals surface area contributed by atoms with Crippen molar-refractivity contribution in [1.29, 1.82) is 0 Å². The first kappa shape index (κ1) is 17.5. The lowest BCUT2D eigenvalue weighted by Crippen LogP contribution is -2.19. The van der Waals surface area contributed by atoms with Crippen LogP contribution in [0.1, 0.15) is 64.5 Å². The minimum atomic E-state index is -0.341. The highest BCUT2D eigenvalue weighted by Crippen LogP contribution is 2.20. The Bertz CT molecular complexity index is 393. The van der Waals surface area contributed by atoms with Crippen LogP contribution in [0, 0.1) is 11.7 Å². The lowest BCUT2D eigenvalue weighted by molar-refractivity contribution is 0.497. The maximum absolute atomic E-state index is 13.4. The van der Waals surface area contributed by atoms with Crippen molar-refractivity contribution in [3.63, 3.8) is 0 Å². The average molecular weight is 300 g/mol. The van der Waals surface area contributed by atoms with Gasteiger partial charge in [0.15, 0.2) is 0 Å². The summed E-state index contributed by atoms with van der Waals surface area (Å²) < 4.78 is 13.4. The topological polar surface area (TPSA) is 12.0 Å². The average Bonchev–Trinajstić information content (AvgIpc) is 2.40. The van der Waals surface area contributed by atoms with Crippen LogP contribution in [0.25, 0.3) is 0 Å². The molecule has 0 amide bonds. The van der Waals surface area contributed by atoms with E-state index in [-0.39, 0.29) is 16.9 Å². The van der Waals surface area contributed by atoms with E-state index in [0.717, 1.165) is 18.0 Å². The molecule has 1 atom stereocenters. The summed E-state index contributed by atoms with van der Waals surface area (Å²) in [7, 11) is 0. The summed E-state index contributed by atoms with van der Waals surface area (Å²) in [5, 5.41) is 3.62. The highest BCUT2D eigenvalue weighted by Gasteiger charge is 2.07. The molecule has 20 heavy (non-hydrogen) atoms. The van der Waals surface area contributed by atoms with Crippen LogP contribution in [-0.4, -0.2) is 6.54 Å². The van der Waals surface area contributed by atoms with Crippen LogP contribution < -0.4 is 5.32 Å². The van der Waals surface area contributed by atoms with Gasteiger partial charge in [-0.15, -0.1) is 0 Å². The molecule has 1 unspecified atom stereocenters. The van der Waals surface area contributed by atoms with Gasteiger partial charge in [-0.25, -0.2) is 4.39 Å². The quantitative estimate of drug-likeness (QED) is 0.574. The van der Waals surface area contributed by atoms with Crippen molar-refractivity contribution in [1.82, 2.24) is 5.32 Å². The Kier molecular flexibility index (Phi) is 8.16. The second-order valence-electron chi connectivity index (χ2n) is 5.95. The zero-order valence-electron chi connectivity index (χ0n) is 12.9. The van der Waals surface area contributed by atoms with Gasteiger partial charge in [-0.05, 0) is 43.5 Å². The molecule has 1 nitrogen and oxygen atoms in total. The van der Waals surface area contributed by atoms with Crippen molar-refractivity contribution in [2.75, 3.05) is 6.54 Å². The lowest BCUT2D eigenvalue weighted by Gasteiger charge is -2.14. The minimum Gasteiger partial charge on any atom is -0.310 e. The third-order valence-electron chi connectivity index (χ3n) is 3.60. The van der Waals surface area contributed by atoms with E-state index in [1.165, 1.54) is 38.2 Å². The first-order valence-corrected chi connectivity index (χ1v) is 8.07. The number of rotatable bonds is 9. The molecule has 3 heteroatoms. The third kappa shape index (κ3) is 6.71. The highest BCUT2D eigenvalue weighted by molar-refractivity contribution is 6.30. The molecule has 0 spiro atoms. The number of nitrogens with one attached hydrogen (secondary N) is 1. The van der Waals surface area contributed by atoms with E-state index in [0.29, 0.717) is 0 Å².